The van der Waals surface area contributed by atoms with E-state index in [1.165, 1.54) is 0 Å². The molecule has 0 saturated carbocycles. The molecule has 2 unspecified atom stereocenters. The molecular formula is C14H24N2O4S. The Morgan fingerprint density at radius 3 is 3.00 bits per heavy atom. The number of methoxy groups -OCH3 is 1. The van der Waals surface area contributed by atoms with Crippen molar-refractivity contribution in [1.29, 1.82) is 0 Å². The average molecular weight is 316 g/mol. The molecule has 0 spiro atoms. The summed E-state index contributed by atoms with van der Waals surface area (Å²) in [5.74, 6) is -0.112. The molecular weight excluding hydrogens is 292 g/mol. The van der Waals surface area contributed by atoms with Crippen LogP contribution in [0.1, 0.15) is 11.8 Å². The van der Waals surface area contributed by atoms with Crippen LogP contribution < -0.4 is 10.6 Å². The number of carbonyl (C=O) groups excluding carboxylic acids is 1. The predicted molar refractivity (Wildman–Crippen MR) is 82.3 cm³/mol. The van der Waals surface area contributed by atoms with E-state index < -0.39 is 6.10 Å². The Morgan fingerprint density at radius 1 is 1.52 bits per heavy atom. The van der Waals surface area contributed by atoms with Crippen molar-refractivity contribution >= 4 is 17.2 Å². The zero-order chi connectivity index (χ0) is 15.5. The molecule has 0 bridgehead atoms. The second-order valence-electron chi connectivity index (χ2n) is 4.66. The summed E-state index contributed by atoms with van der Waals surface area (Å²) < 4.78 is 10.3. The number of ether oxygens (including phenoxy) is 2. The van der Waals surface area contributed by atoms with Crippen LogP contribution in [0.25, 0.3) is 0 Å². The summed E-state index contributed by atoms with van der Waals surface area (Å²) in [6.45, 7) is 3.76. The summed E-state index contributed by atoms with van der Waals surface area (Å²) in [5, 5.41) is 17.5. The van der Waals surface area contributed by atoms with E-state index in [0.717, 1.165) is 4.88 Å². The summed E-state index contributed by atoms with van der Waals surface area (Å²) in [4.78, 5) is 12.8. The number of nitrogens with one attached hydrogen (secondary N) is 2. The first-order valence-corrected chi connectivity index (χ1v) is 7.79. The number of amides is 1. The van der Waals surface area contributed by atoms with Gasteiger partial charge in [0.25, 0.3) is 0 Å². The molecule has 7 heteroatoms. The summed E-state index contributed by atoms with van der Waals surface area (Å²) in [6, 6.07) is 3.58. The highest BCUT2D eigenvalue weighted by Crippen LogP contribution is 2.09. The molecule has 0 aliphatic heterocycles. The van der Waals surface area contributed by atoms with Gasteiger partial charge in [0.2, 0.25) is 5.91 Å². The SMILES string of the molecule is COCCNC(=O)C(C)NCC(O)COCc1cccs1. The highest BCUT2D eigenvalue weighted by Gasteiger charge is 2.13. The largest absolute Gasteiger partial charge is 0.389 e. The number of aliphatic hydroxyl groups excluding tert-OH is 1. The maximum atomic E-state index is 11.7. The van der Waals surface area contributed by atoms with Crippen LogP contribution in [-0.4, -0.2) is 56.6 Å². The number of aliphatic hydroxyl groups is 1. The van der Waals surface area contributed by atoms with Gasteiger partial charge in [-0.15, -0.1) is 11.3 Å². The van der Waals surface area contributed by atoms with Gasteiger partial charge in [-0.3, -0.25) is 4.79 Å². The molecule has 1 aromatic rings. The lowest BCUT2D eigenvalue weighted by atomic mass is 10.3. The Balaban J connectivity index is 2.08. The van der Waals surface area contributed by atoms with Gasteiger partial charge in [0, 0.05) is 25.1 Å². The van der Waals surface area contributed by atoms with Crippen LogP contribution in [0.3, 0.4) is 0 Å². The molecule has 3 N–H and O–H groups in total. The molecule has 1 aromatic heterocycles. The van der Waals surface area contributed by atoms with Crippen LogP contribution in [0, 0.1) is 0 Å². The normalized spacial score (nSPS) is 13.9. The monoisotopic (exact) mass is 316 g/mol. The predicted octanol–water partition coefficient (Wildman–Crippen LogP) is 0.366. The Labute approximate surface area is 129 Å². The quantitative estimate of drug-likeness (QED) is 0.514. The van der Waals surface area contributed by atoms with Gasteiger partial charge in [0.15, 0.2) is 0 Å². The third-order valence-electron chi connectivity index (χ3n) is 2.79. The number of hydrogen-bond acceptors (Lipinski definition) is 6. The van der Waals surface area contributed by atoms with Crippen molar-refractivity contribution in [3.63, 3.8) is 0 Å². The highest BCUT2D eigenvalue weighted by molar-refractivity contribution is 7.09. The third kappa shape index (κ3) is 8.13. The molecule has 120 valence electrons. The fraction of sp³-hybridized carbons (Fsp3) is 0.643. The van der Waals surface area contributed by atoms with E-state index in [4.69, 9.17) is 9.47 Å². The molecule has 1 heterocycles. The first-order valence-electron chi connectivity index (χ1n) is 6.91. The maximum Gasteiger partial charge on any atom is 0.236 e. The van der Waals surface area contributed by atoms with Gasteiger partial charge >= 0.3 is 0 Å². The minimum absolute atomic E-state index is 0.112. The molecule has 0 fully saturated rings. The van der Waals surface area contributed by atoms with Gasteiger partial charge in [-0.05, 0) is 18.4 Å². The highest BCUT2D eigenvalue weighted by atomic mass is 32.1. The van der Waals surface area contributed by atoms with Crippen LogP contribution in [0.5, 0.6) is 0 Å². The van der Waals surface area contributed by atoms with Crippen molar-refractivity contribution in [2.75, 3.05) is 33.4 Å². The standard InChI is InChI=1S/C14H24N2O4S/c1-11(14(18)15-5-6-19-2)16-8-12(17)9-20-10-13-4-3-7-21-13/h3-4,7,11-12,16-17H,5-6,8-10H2,1-2H3,(H,15,18). The van der Waals surface area contributed by atoms with E-state index in [9.17, 15) is 9.90 Å². The lowest BCUT2D eigenvalue weighted by molar-refractivity contribution is -0.123. The lowest BCUT2D eigenvalue weighted by Gasteiger charge is -2.17. The maximum absolute atomic E-state index is 11.7. The number of thiophene rings is 1. The fourth-order valence-corrected chi connectivity index (χ4v) is 2.22. The smallest absolute Gasteiger partial charge is 0.236 e. The molecule has 21 heavy (non-hydrogen) atoms. The van der Waals surface area contributed by atoms with Crippen LogP contribution in [-0.2, 0) is 20.9 Å². The zero-order valence-corrected chi connectivity index (χ0v) is 13.3. The molecule has 0 aliphatic carbocycles. The van der Waals surface area contributed by atoms with Gasteiger partial charge in [-0.25, -0.2) is 0 Å². The Kier molecular flexibility index (Phi) is 9.20. The first kappa shape index (κ1) is 18.1. The third-order valence-corrected chi connectivity index (χ3v) is 3.64. The molecule has 2 atom stereocenters. The van der Waals surface area contributed by atoms with Crippen molar-refractivity contribution in [1.82, 2.24) is 10.6 Å². The number of carbonyl (C=O) groups is 1. The van der Waals surface area contributed by atoms with Crippen molar-refractivity contribution in [3.8, 4) is 0 Å². The second kappa shape index (κ2) is 10.7. The van der Waals surface area contributed by atoms with E-state index in [0.29, 0.717) is 26.3 Å². The van der Waals surface area contributed by atoms with Crippen molar-refractivity contribution in [2.24, 2.45) is 0 Å². The van der Waals surface area contributed by atoms with Gasteiger partial charge in [0.05, 0.1) is 32.0 Å². The van der Waals surface area contributed by atoms with E-state index in [1.54, 1.807) is 25.4 Å². The van der Waals surface area contributed by atoms with Crippen LogP contribution in [0.15, 0.2) is 17.5 Å². The van der Waals surface area contributed by atoms with Crippen LogP contribution in [0.4, 0.5) is 0 Å². The van der Waals surface area contributed by atoms with Gasteiger partial charge in [-0.1, -0.05) is 6.07 Å². The van der Waals surface area contributed by atoms with Gasteiger partial charge in [0.1, 0.15) is 0 Å². The van der Waals surface area contributed by atoms with Crippen LogP contribution in [0.2, 0.25) is 0 Å². The lowest BCUT2D eigenvalue weighted by Crippen LogP contribution is -2.46. The molecule has 1 amide bonds. The number of rotatable bonds is 11. The van der Waals surface area contributed by atoms with Gasteiger partial charge < -0.3 is 25.2 Å². The van der Waals surface area contributed by atoms with Crippen molar-refractivity contribution in [3.05, 3.63) is 22.4 Å². The Hall–Kier alpha value is -0.990. The minimum atomic E-state index is -0.640. The minimum Gasteiger partial charge on any atom is -0.389 e. The molecule has 0 aromatic carbocycles. The Morgan fingerprint density at radius 2 is 2.33 bits per heavy atom. The first-order chi connectivity index (χ1) is 10.1. The molecule has 0 radical (unpaired) electrons. The molecule has 6 nitrogen and oxygen atoms in total. The average Bonchev–Trinajstić information content (AvgIpc) is 2.98. The summed E-state index contributed by atoms with van der Waals surface area (Å²) in [6.07, 6.45) is -0.640. The van der Waals surface area contributed by atoms with E-state index in [-0.39, 0.29) is 18.6 Å². The van der Waals surface area contributed by atoms with E-state index >= 15 is 0 Å². The zero-order valence-electron chi connectivity index (χ0n) is 12.5. The molecule has 1 rings (SSSR count). The van der Waals surface area contributed by atoms with Crippen molar-refractivity contribution in [2.45, 2.75) is 25.7 Å². The summed E-state index contributed by atoms with van der Waals surface area (Å²) in [5.41, 5.74) is 0. The Bertz CT molecular complexity index is 386. The van der Waals surface area contributed by atoms with Crippen LogP contribution >= 0.6 is 11.3 Å². The summed E-state index contributed by atoms with van der Waals surface area (Å²) in [7, 11) is 1.58. The van der Waals surface area contributed by atoms with Gasteiger partial charge in [-0.2, -0.15) is 0 Å². The topological polar surface area (TPSA) is 79.8 Å². The van der Waals surface area contributed by atoms with E-state index in [2.05, 4.69) is 10.6 Å². The molecule has 0 saturated heterocycles. The fourth-order valence-electron chi connectivity index (χ4n) is 1.58. The molecule has 0 aliphatic rings. The number of hydrogen-bond donors (Lipinski definition) is 3. The van der Waals surface area contributed by atoms with E-state index in [1.807, 2.05) is 17.5 Å². The van der Waals surface area contributed by atoms with Crippen molar-refractivity contribution < 1.29 is 19.4 Å². The summed E-state index contributed by atoms with van der Waals surface area (Å²) >= 11 is 1.62. The second-order valence-corrected chi connectivity index (χ2v) is 5.69.